The molecule has 2 heterocycles. The second kappa shape index (κ2) is 7.79. The highest BCUT2D eigenvalue weighted by Gasteiger charge is 2.17. The zero-order chi connectivity index (χ0) is 20.3. The molecular formula is C25H20N4O. The van der Waals surface area contributed by atoms with Gasteiger partial charge in [0.15, 0.2) is 11.6 Å². The Balaban J connectivity index is 1.58. The third-order valence-electron chi connectivity index (χ3n) is 4.89. The van der Waals surface area contributed by atoms with Crippen molar-refractivity contribution < 1.29 is 4.42 Å². The lowest BCUT2D eigenvalue weighted by molar-refractivity contribution is 0.619. The van der Waals surface area contributed by atoms with Gasteiger partial charge in [-0.1, -0.05) is 78.4 Å². The second-order valence-corrected chi connectivity index (χ2v) is 7.14. The summed E-state index contributed by atoms with van der Waals surface area (Å²) in [5.74, 6) is 1.78. The van der Waals surface area contributed by atoms with Crippen molar-refractivity contribution in [2.45, 2.75) is 13.5 Å². The molecule has 3 aromatic carbocycles. The minimum Gasteiger partial charge on any atom is -0.430 e. The zero-order valence-corrected chi connectivity index (χ0v) is 16.5. The Morgan fingerprint density at radius 2 is 1.40 bits per heavy atom. The van der Waals surface area contributed by atoms with Gasteiger partial charge >= 0.3 is 0 Å². The second-order valence-electron chi connectivity index (χ2n) is 7.14. The van der Waals surface area contributed by atoms with Crippen LogP contribution in [0.3, 0.4) is 0 Å². The first-order valence-corrected chi connectivity index (χ1v) is 9.85. The zero-order valence-electron chi connectivity index (χ0n) is 16.5. The minimum absolute atomic E-state index is 0.531. The molecule has 5 heteroatoms. The van der Waals surface area contributed by atoms with Gasteiger partial charge in [0.2, 0.25) is 17.1 Å². The largest absolute Gasteiger partial charge is 0.430 e. The van der Waals surface area contributed by atoms with E-state index in [1.807, 2.05) is 60.7 Å². The number of nitrogens with zero attached hydrogens (tertiary/aromatic N) is 3. The fourth-order valence-corrected chi connectivity index (χ4v) is 3.26. The van der Waals surface area contributed by atoms with Crippen molar-refractivity contribution in [2.24, 2.45) is 0 Å². The molecule has 0 aliphatic heterocycles. The third-order valence-corrected chi connectivity index (χ3v) is 4.89. The van der Waals surface area contributed by atoms with Gasteiger partial charge in [0.05, 0.1) is 0 Å². The van der Waals surface area contributed by atoms with Gasteiger partial charge in [0.1, 0.15) is 0 Å². The van der Waals surface area contributed by atoms with Gasteiger partial charge in [-0.2, -0.15) is 4.98 Å². The van der Waals surface area contributed by atoms with Gasteiger partial charge in [-0.25, -0.2) is 9.97 Å². The molecule has 1 N–H and O–H groups in total. The molecule has 30 heavy (non-hydrogen) atoms. The number of anilines is 1. The van der Waals surface area contributed by atoms with Gasteiger partial charge in [0, 0.05) is 17.7 Å². The average Bonchev–Trinajstić information content (AvgIpc) is 3.24. The van der Waals surface area contributed by atoms with Crippen LogP contribution in [0.1, 0.15) is 11.1 Å². The molecule has 146 valence electrons. The number of hydrogen-bond donors (Lipinski definition) is 1. The molecule has 0 saturated carbocycles. The monoisotopic (exact) mass is 392 g/mol. The first-order chi connectivity index (χ1) is 14.8. The molecule has 5 aromatic rings. The summed E-state index contributed by atoms with van der Waals surface area (Å²) in [6, 6.07) is 28.1. The Morgan fingerprint density at radius 3 is 2.10 bits per heavy atom. The van der Waals surface area contributed by atoms with Crippen LogP contribution in [0.25, 0.3) is 34.1 Å². The highest BCUT2D eigenvalue weighted by molar-refractivity contribution is 5.84. The van der Waals surface area contributed by atoms with Crippen molar-refractivity contribution in [1.29, 1.82) is 0 Å². The molecule has 0 aliphatic carbocycles. The number of nitrogens with one attached hydrogen (secondary N) is 1. The smallest absolute Gasteiger partial charge is 0.229 e. The van der Waals surface area contributed by atoms with Crippen LogP contribution < -0.4 is 5.32 Å². The summed E-state index contributed by atoms with van der Waals surface area (Å²) in [6.07, 6.45) is 0. The van der Waals surface area contributed by atoms with E-state index in [9.17, 15) is 0 Å². The number of oxazole rings is 1. The van der Waals surface area contributed by atoms with Crippen molar-refractivity contribution in [3.8, 4) is 22.8 Å². The van der Waals surface area contributed by atoms with E-state index in [1.54, 1.807) is 0 Å². The highest BCUT2D eigenvalue weighted by Crippen LogP contribution is 2.29. The van der Waals surface area contributed by atoms with Crippen LogP contribution in [-0.4, -0.2) is 15.0 Å². The average molecular weight is 392 g/mol. The van der Waals surface area contributed by atoms with Crippen molar-refractivity contribution in [2.75, 3.05) is 5.32 Å². The van der Waals surface area contributed by atoms with Gasteiger partial charge < -0.3 is 9.73 Å². The third kappa shape index (κ3) is 3.65. The molecule has 0 spiro atoms. The van der Waals surface area contributed by atoms with E-state index in [0.717, 1.165) is 16.7 Å². The molecule has 0 fully saturated rings. The molecule has 0 atom stereocenters. The van der Waals surface area contributed by atoms with Crippen LogP contribution in [0.2, 0.25) is 0 Å². The Morgan fingerprint density at radius 1 is 0.733 bits per heavy atom. The van der Waals surface area contributed by atoms with E-state index in [0.29, 0.717) is 35.3 Å². The molecule has 5 nitrogen and oxygen atoms in total. The first kappa shape index (κ1) is 18.1. The number of fused-ring (bicyclic) bond motifs is 1. The van der Waals surface area contributed by atoms with Crippen LogP contribution in [0.5, 0.6) is 0 Å². The van der Waals surface area contributed by atoms with Crippen LogP contribution in [0, 0.1) is 6.92 Å². The molecule has 0 saturated heterocycles. The number of rotatable bonds is 5. The molecule has 2 aromatic heterocycles. The number of hydrogen-bond acceptors (Lipinski definition) is 5. The fraction of sp³-hybridized carbons (Fsp3) is 0.0800. The van der Waals surface area contributed by atoms with Crippen molar-refractivity contribution in [3.63, 3.8) is 0 Å². The quantitative estimate of drug-likeness (QED) is 0.405. The van der Waals surface area contributed by atoms with E-state index < -0.39 is 0 Å². The SMILES string of the molecule is Cc1ccc(CNc2nc(-c3ccccc3)nc3nc(-c4ccccc4)oc23)cc1. The molecule has 0 amide bonds. The summed E-state index contributed by atoms with van der Waals surface area (Å²) in [6.45, 7) is 2.71. The Hall–Kier alpha value is -3.99. The molecule has 0 radical (unpaired) electrons. The predicted octanol–water partition coefficient (Wildman–Crippen LogP) is 5.87. The highest BCUT2D eigenvalue weighted by atomic mass is 16.3. The molecule has 0 bridgehead atoms. The normalized spacial score (nSPS) is 11.0. The topological polar surface area (TPSA) is 63.8 Å². The van der Waals surface area contributed by atoms with E-state index in [2.05, 4.69) is 46.5 Å². The summed E-state index contributed by atoms with van der Waals surface area (Å²) in [4.78, 5) is 14.1. The van der Waals surface area contributed by atoms with Crippen LogP contribution in [-0.2, 0) is 6.54 Å². The standard InChI is InChI=1S/C25H20N4O/c1-17-12-14-18(15-13-17)16-26-23-21-24(28-22(27-23)19-8-4-2-5-9-19)29-25(30-21)20-10-6-3-7-11-20/h2-15H,16H2,1H3,(H,26,27,28). The lowest BCUT2D eigenvalue weighted by atomic mass is 10.1. The molecule has 5 rings (SSSR count). The van der Waals surface area contributed by atoms with Crippen molar-refractivity contribution >= 4 is 17.0 Å². The Kier molecular flexibility index (Phi) is 4.69. The Labute approximate surface area is 174 Å². The summed E-state index contributed by atoms with van der Waals surface area (Å²) in [7, 11) is 0. The maximum absolute atomic E-state index is 6.09. The van der Waals surface area contributed by atoms with E-state index >= 15 is 0 Å². The van der Waals surface area contributed by atoms with Gasteiger partial charge in [-0.15, -0.1) is 0 Å². The van der Waals surface area contributed by atoms with Crippen molar-refractivity contribution in [1.82, 2.24) is 15.0 Å². The minimum atomic E-state index is 0.531. The van der Waals surface area contributed by atoms with Crippen molar-refractivity contribution in [3.05, 3.63) is 96.1 Å². The maximum atomic E-state index is 6.09. The fourth-order valence-electron chi connectivity index (χ4n) is 3.26. The molecular weight excluding hydrogens is 372 g/mol. The summed E-state index contributed by atoms with van der Waals surface area (Å²) in [5.41, 5.74) is 5.33. The number of aryl methyl sites for hydroxylation is 1. The van der Waals surface area contributed by atoms with Gasteiger partial charge in [-0.3, -0.25) is 0 Å². The number of benzene rings is 3. The molecule has 0 unspecified atom stereocenters. The van der Waals surface area contributed by atoms with E-state index in [4.69, 9.17) is 9.40 Å². The maximum Gasteiger partial charge on any atom is 0.229 e. The van der Waals surface area contributed by atoms with E-state index in [1.165, 1.54) is 5.56 Å². The van der Waals surface area contributed by atoms with Crippen LogP contribution in [0.4, 0.5) is 5.82 Å². The van der Waals surface area contributed by atoms with E-state index in [-0.39, 0.29) is 0 Å². The summed E-state index contributed by atoms with van der Waals surface area (Å²) < 4.78 is 6.09. The molecule has 0 aliphatic rings. The van der Waals surface area contributed by atoms with Gasteiger partial charge in [0.25, 0.3) is 0 Å². The van der Waals surface area contributed by atoms with Gasteiger partial charge in [-0.05, 0) is 24.6 Å². The lowest BCUT2D eigenvalue weighted by Crippen LogP contribution is -2.03. The lowest BCUT2D eigenvalue weighted by Gasteiger charge is -2.08. The summed E-state index contributed by atoms with van der Waals surface area (Å²) >= 11 is 0. The number of aromatic nitrogens is 3. The Bertz CT molecular complexity index is 1280. The van der Waals surface area contributed by atoms with Crippen LogP contribution >= 0.6 is 0 Å². The van der Waals surface area contributed by atoms with Crippen LogP contribution in [0.15, 0.2) is 89.3 Å². The first-order valence-electron chi connectivity index (χ1n) is 9.85. The predicted molar refractivity (Wildman–Crippen MR) is 119 cm³/mol. The summed E-state index contributed by atoms with van der Waals surface area (Å²) in [5, 5.41) is 3.41.